The maximum absolute atomic E-state index is 11.6. The van der Waals surface area contributed by atoms with Gasteiger partial charge < -0.3 is 9.47 Å². The van der Waals surface area contributed by atoms with Crippen LogP contribution in [-0.4, -0.2) is 29.5 Å². The van der Waals surface area contributed by atoms with Crippen LogP contribution in [0.25, 0.3) is 10.5 Å². The van der Waals surface area contributed by atoms with Crippen LogP contribution in [0.15, 0.2) is 30.6 Å². The van der Waals surface area contributed by atoms with E-state index in [1.807, 2.05) is 0 Å². The monoisotopic (exact) mass is 271 g/mol. The van der Waals surface area contributed by atoms with Crippen molar-refractivity contribution in [3.63, 3.8) is 0 Å². The molecule has 6 heteroatoms. The smallest absolute Gasteiger partial charge is 0.341 e. The van der Waals surface area contributed by atoms with Crippen LogP contribution in [0.4, 0.5) is 5.69 Å². The molecule has 0 bridgehead atoms. The second-order valence-corrected chi connectivity index (χ2v) is 3.86. The number of carbonyl (C=O) groups excluding carboxylic acids is 1. The minimum Gasteiger partial charge on any atom is -0.508 e. The molecule has 0 aliphatic heterocycles. The van der Waals surface area contributed by atoms with Crippen molar-refractivity contribution in [2.24, 2.45) is 0 Å². The zero-order valence-corrected chi connectivity index (χ0v) is 11.2. The molecule has 0 aliphatic carbocycles. The highest BCUT2D eigenvalue weighted by atomic mass is 16.5. The molecule has 20 heavy (non-hydrogen) atoms. The Kier molecular flexibility index (Phi) is 4.01. The summed E-state index contributed by atoms with van der Waals surface area (Å²) in [6, 6.07) is 5.09. The van der Waals surface area contributed by atoms with Gasteiger partial charge in [-0.25, -0.2) is 14.3 Å². The van der Waals surface area contributed by atoms with Crippen molar-refractivity contribution in [3.8, 4) is 11.4 Å². The van der Waals surface area contributed by atoms with E-state index in [4.69, 9.17) is 16.0 Å². The molecular formula is C14H13N3O3. The zero-order valence-electron chi connectivity index (χ0n) is 11.2. The van der Waals surface area contributed by atoms with Gasteiger partial charge in [-0.3, -0.25) is 0 Å². The Balaban J connectivity index is 2.33. The fourth-order valence-corrected chi connectivity index (χ4v) is 1.69. The first-order valence-electron chi connectivity index (χ1n) is 5.97. The number of aromatic nitrogens is 2. The van der Waals surface area contributed by atoms with Crippen molar-refractivity contribution in [1.29, 1.82) is 0 Å². The van der Waals surface area contributed by atoms with Gasteiger partial charge in [-0.05, 0) is 25.1 Å². The zero-order chi connectivity index (χ0) is 14.5. The molecule has 0 amide bonds. The van der Waals surface area contributed by atoms with Crippen molar-refractivity contribution in [3.05, 3.63) is 47.6 Å². The number of ether oxygens (including phenoxy) is 2. The summed E-state index contributed by atoms with van der Waals surface area (Å²) in [7, 11) is 1.51. The number of hydrogen-bond acceptors (Lipinski definition) is 4. The minimum atomic E-state index is -0.419. The van der Waals surface area contributed by atoms with Crippen LogP contribution in [0.5, 0.6) is 5.75 Å². The number of nitrogens with zero attached hydrogens (tertiary/aromatic N) is 3. The Hall–Kier alpha value is -2.81. The Morgan fingerprint density at radius 2 is 2.30 bits per heavy atom. The summed E-state index contributed by atoms with van der Waals surface area (Å²) in [6.45, 7) is 9.17. The average molecular weight is 271 g/mol. The maximum Gasteiger partial charge on any atom is 0.341 e. The first-order valence-corrected chi connectivity index (χ1v) is 5.97. The van der Waals surface area contributed by atoms with E-state index in [9.17, 15) is 4.79 Å². The van der Waals surface area contributed by atoms with Crippen LogP contribution in [0.3, 0.4) is 0 Å². The molecule has 1 aromatic heterocycles. The summed E-state index contributed by atoms with van der Waals surface area (Å²) in [4.78, 5) is 15.0. The molecule has 0 saturated heterocycles. The molecule has 6 nitrogen and oxygen atoms in total. The Morgan fingerprint density at radius 1 is 1.50 bits per heavy atom. The van der Waals surface area contributed by atoms with E-state index in [0.29, 0.717) is 29.3 Å². The lowest BCUT2D eigenvalue weighted by atomic mass is 10.2. The predicted octanol–water partition coefficient (Wildman–Crippen LogP) is 2.61. The van der Waals surface area contributed by atoms with E-state index >= 15 is 0 Å². The number of benzene rings is 1. The average Bonchev–Trinajstić information content (AvgIpc) is 2.96. The molecule has 0 saturated carbocycles. The largest absolute Gasteiger partial charge is 0.508 e. The van der Waals surface area contributed by atoms with Gasteiger partial charge in [0.2, 0.25) is 5.69 Å². The van der Waals surface area contributed by atoms with Gasteiger partial charge in [0.05, 0.1) is 37.7 Å². The third-order valence-corrected chi connectivity index (χ3v) is 2.64. The highest BCUT2D eigenvalue weighted by Crippen LogP contribution is 2.29. The SMILES string of the molecule is [C-]#[N+]c1cc(-n2cc(C(=O)OCC)cn2)ccc1OC. The summed E-state index contributed by atoms with van der Waals surface area (Å²) in [5.41, 5.74) is 1.43. The highest BCUT2D eigenvalue weighted by Gasteiger charge is 2.11. The third kappa shape index (κ3) is 2.62. The minimum absolute atomic E-state index is 0.314. The molecule has 1 aromatic carbocycles. The van der Waals surface area contributed by atoms with Gasteiger partial charge in [0.1, 0.15) is 5.75 Å². The molecule has 0 atom stereocenters. The topological polar surface area (TPSA) is 57.7 Å². The van der Waals surface area contributed by atoms with Crippen molar-refractivity contribution in [1.82, 2.24) is 9.78 Å². The van der Waals surface area contributed by atoms with Crippen LogP contribution in [0.2, 0.25) is 0 Å². The van der Waals surface area contributed by atoms with E-state index in [1.54, 1.807) is 31.3 Å². The van der Waals surface area contributed by atoms with Crippen LogP contribution in [0, 0.1) is 6.57 Å². The molecule has 0 radical (unpaired) electrons. The van der Waals surface area contributed by atoms with Crippen molar-refractivity contribution >= 4 is 11.7 Å². The van der Waals surface area contributed by atoms with Crippen LogP contribution < -0.4 is 4.74 Å². The number of esters is 1. The summed E-state index contributed by atoms with van der Waals surface area (Å²) in [5, 5.41) is 4.09. The third-order valence-electron chi connectivity index (χ3n) is 2.64. The first kappa shape index (κ1) is 13.6. The second kappa shape index (κ2) is 5.89. The molecule has 0 N–H and O–H groups in total. The molecule has 0 unspecified atom stereocenters. The quantitative estimate of drug-likeness (QED) is 0.633. The summed E-state index contributed by atoms with van der Waals surface area (Å²) in [6.07, 6.45) is 2.99. The standard InChI is InChI=1S/C14H13N3O3/c1-4-20-14(18)10-8-16-17(9-10)11-5-6-13(19-3)12(7-11)15-2/h5-9H,4H2,1,3H3. The lowest BCUT2D eigenvalue weighted by molar-refractivity contribution is 0.0526. The van der Waals surface area contributed by atoms with Gasteiger partial charge in [-0.1, -0.05) is 0 Å². The second-order valence-electron chi connectivity index (χ2n) is 3.86. The molecule has 102 valence electrons. The lowest BCUT2D eigenvalue weighted by Gasteiger charge is -2.06. The van der Waals surface area contributed by atoms with Crippen LogP contribution in [0.1, 0.15) is 17.3 Å². The van der Waals surface area contributed by atoms with Crippen LogP contribution in [-0.2, 0) is 4.74 Å². The van der Waals surface area contributed by atoms with Gasteiger partial charge in [-0.15, -0.1) is 0 Å². The van der Waals surface area contributed by atoms with Gasteiger partial charge in [-0.2, -0.15) is 5.10 Å². The number of methoxy groups -OCH3 is 1. The van der Waals surface area contributed by atoms with E-state index in [0.717, 1.165) is 0 Å². The number of carbonyl (C=O) groups is 1. The molecular weight excluding hydrogens is 258 g/mol. The Morgan fingerprint density at radius 3 is 2.95 bits per heavy atom. The molecule has 2 aromatic rings. The van der Waals surface area contributed by atoms with Gasteiger partial charge in [0, 0.05) is 6.20 Å². The first-order chi connectivity index (χ1) is 9.69. The van der Waals surface area contributed by atoms with Crippen molar-refractivity contribution in [2.75, 3.05) is 13.7 Å². The molecule has 1 heterocycles. The fraction of sp³-hybridized carbons (Fsp3) is 0.214. The molecule has 0 spiro atoms. The predicted molar refractivity (Wildman–Crippen MR) is 72.3 cm³/mol. The van der Waals surface area contributed by atoms with Crippen molar-refractivity contribution < 1.29 is 14.3 Å². The highest BCUT2D eigenvalue weighted by molar-refractivity contribution is 5.88. The molecule has 0 fully saturated rings. The maximum atomic E-state index is 11.6. The van der Waals surface area contributed by atoms with Gasteiger partial charge >= 0.3 is 5.97 Å². The number of hydrogen-bond donors (Lipinski definition) is 0. The summed E-state index contributed by atoms with van der Waals surface area (Å²) < 4.78 is 11.5. The van der Waals surface area contributed by atoms with E-state index < -0.39 is 5.97 Å². The molecule has 2 rings (SSSR count). The van der Waals surface area contributed by atoms with E-state index in [-0.39, 0.29) is 0 Å². The Labute approximate surface area is 116 Å². The Bertz CT molecular complexity index is 671. The number of rotatable bonds is 4. The van der Waals surface area contributed by atoms with E-state index in [2.05, 4.69) is 9.94 Å². The summed E-state index contributed by atoms with van der Waals surface area (Å²) >= 11 is 0. The van der Waals surface area contributed by atoms with E-state index in [1.165, 1.54) is 18.0 Å². The van der Waals surface area contributed by atoms with Crippen molar-refractivity contribution in [2.45, 2.75) is 6.92 Å². The fourth-order valence-electron chi connectivity index (χ4n) is 1.69. The normalized spacial score (nSPS) is 9.85. The van der Waals surface area contributed by atoms with Gasteiger partial charge in [0.25, 0.3) is 0 Å². The lowest BCUT2D eigenvalue weighted by Crippen LogP contribution is -2.03. The molecule has 0 aliphatic rings. The summed E-state index contributed by atoms with van der Waals surface area (Å²) in [5.74, 6) is 0.0826. The van der Waals surface area contributed by atoms with Crippen LogP contribution >= 0.6 is 0 Å². The van der Waals surface area contributed by atoms with Gasteiger partial charge in [0.15, 0.2) is 0 Å².